The molecule has 1 aromatic rings. The summed E-state index contributed by atoms with van der Waals surface area (Å²) in [6.45, 7) is 0.805. The highest BCUT2D eigenvalue weighted by Crippen LogP contribution is 2.36. The number of carbonyl (C=O) groups is 2. The first-order valence-corrected chi connectivity index (χ1v) is 10.6. The van der Waals surface area contributed by atoms with E-state index in [2.05, 4.69) is 16.0 Å². The summed E-state index contributed by atoms with van der Waals surface area (Å²) in [6.07, 6.45) is 2.07. The van der Waals surface area contributed by atoms with Crippen LogP contribution in [0.4, 0.5) is 28.4 Å². The van der Waals surface area contributed by atoms with Crippen molar-refractivity contribution < 1.29 is 22.8 Å². The van der Waals surface area contributed by atoms with Crippen molar-refractivity contribution in [2.75, 3.05) is 18.4 Å². The molecule has 1 saturated heterocycles. The number of benzene rings is 1. The first-order chi connectivity index (χ1) is 14.2. The molecule has 1 aliphatic carbocycles. The Morgan fingerprint density at radius 2 is 1.57 bits per heavy atom. The molecule has 1 aromatic carbocycles. The molecule has 1 aliphatic heterocycles. The zero-order valence-electron chi connectivity index (χ0n) is 16.5. The smallest absolute Gasteiger partial charge is 0.335 e. The number of urea groups is 2. The Kier molecular flexibility index (Phi) is 7.33. The van der Waals surface area contributed by atoms with Gasteiger partial charge in [0.05, 0.1) is 10.6 Å². The van der Waals surface area contributed by atoms with Gasteiger partial charge in [0.2, 0.25) is 0 Å². The van der Waals surface area contributed by atoms with E-state index < -0.39 is 22.8 Å². The van der Waals surface area contributed by atoms with E-state index >= 15 is 0 Å². The van der Waals surface area contributed by atoms with Gasteiger partial charge in [-0.2, -0.15) is 13.2 Å². The average Bonchev–Trinajstić information content (AvgIpc) is 2.70. The maximum Gasteiger partial charge on any atom is 0.417 e. The van der Waals surface area contributed by atoms with E-state index in [-0.39, 0.29) is 23.8 Å². The molecule has 0 unspecified atom stereocenters. The SMILES string of the molecule is O=C(NC1CCCCC1)NC1CCN(C(=O)Nc2ccc(Cl)c(C(F)(F)F)c2)CC1. The van der Waals surface area contributed by atoms with Crippen molar-refractivity contribution >= 4 is 29.4 Å². The monoisotopic (exact) mass is 446 g/mol. The van der Waals surface area contributed by atoms with Gasteiger partial charge in [0, 0.05) is 30.9 Å². The molecule has 0 radical (unpaired) electrons. The van der Waals surface area contributed by atoms with E-state index in [1.165, 1.54) is 17.4 Å². The van der Waals surface area contributed by atoms with Gasteiger partial charge in [-0.05, 0) is 43.9 Å². The van der Waals surface area contributed by atoms with Crippen molar-refractivity contribution in [3.63, 3.8) is 0 Å². The number of likely N-dealkylation sites (tertiary alicyclic amines) is 1. The Hall–Kier alpha value is -2.16. The lowest BCUT2D eigenvalue weighted by molar-refractivity contribution is -0.137. The molecule has 3 N–H and O–H groups in total. The van der Waals surface area contributed by atoms with Gasteiger partial charge in [0.15, 0.2) is 0 Å². The van der Waals surface area contributed by atoms with Gasteiger partial charge < -0.3 is 20.9 Å². The fourth-order valence-electron chi connectivity index (χ4n) is 3.91. The van der Waals surface area contributed by atoms with Crippen LogP contribution in [0.15, 0.2) is 18.2 Å². The van der Waals surface area contributed by atoms with Crippen LogP contribution in [-0.2, 0) is 6.18 Å². The highest BCUT2D eigenvalue weighted by molar-refractivity contribution is 6.31. The minimum absolute atomic E-state index is 0.0313. The van der Waals surface area contributed by atoms with Gasteiger partial charge in [-0.15, -0.1) is 0 Å². The maximum atomic E-state index is 13.0. The molecule has 0 atom stereocenters. The molecule has 0 aromatic heterocycles. The number of hydrogen-bond donors (Lipinski definition) is 3. The fourth-order valence-corrected chi connectivity index (χ4v) is 4.13. The van der Waals surface area contributed by atoms with Crippen molar-refractivity contribution in [3.8, 4) is 0 Å². The van der Waals surface area contributed by atoms with Crippen LogP contribution in [0.2, 0.25) is 5.02 Å². The number of alkyl halides is 3. The fraction of sp³-hybridized carbons (Fsp3) is 0.600. The summed E-state index contributed by atoms with van der Waals surface area (Å²) in [4.78, 5) is 26.1. The quantitative estimate of drug-likeness (QED) is 0.612. The number of nitrogens with zero attached hydrogens (tertiary/aromatic N) is 1. The predicted octanol–water partition coefficient (Wildman–Crippen LogP) is 4.99. The number of halogens is 4. The first kappa shape index (κ1) is 22.5. The van der Waals surface area contributed by atoms with Gasteiger partial charge >= 0.3 is 18.2 Å². The van der Waals surface area contributed by atoms with E-state index in [4.69, 9.17) is 11.6 Å². The van der Waals surface area contributed by atoms with Crippen LogP contribution < -0.4 is 16.0 Å². The van der Waals surface area contributed by atoms with Gasteiger partial charge in [0.25, 0.3) is 0 Å². The number of nitrogens with one attached hydrogen (secondary N) is 3. The van der Waals surface area contributed by atoms with Gasteiger partial charge in [-0.25, -0.2) is 9.59 Å². The molecule has 0 bridgehead atoms. The summed E-state index contributed by atoms with van der Waals surface area (Å²) in [5.74, 6) is 0. The minimum atomic E-state index is -4.60. The highest BCUT2D eigenvalue weighted by Gasteiger charge is 2.33. The van der Waals surface area contributed by atoms with E-state index in [1.807, 2.05) is 0 Å². The Morgan fingerprint density at radius 1 is 0.967 bits per heavy atom. The summed E-state index contributed by atoms with van der Waals surface area (Å²) in [6, 6.07) is 2.81. The van der Waals surface area contributed by atoms with Crippen molar-refractivity contribution in [2.45, 2.75) is 63.2 Å². The maximum absolute atomic E-state index is 13.0. The molecular formula is C20H26ClF3N4O2. The Labute approximate surface area is 178 Å². The number of rotatable bonds is 3. The summed E-state index contributed by atoms with van der Waals surface area (Å²) >= 11 is 5.60. The first-order valence-electron chi connectivity index (χ1n) is 10.2. The van der Waals surface area contributed by atoms with Crippen LogP contribution in [0.5, 0.6) is 0 Å². The van der Waals surface area contributed by atoms with E-state index in [0.717, 1.165) is 37.8 Å². The van der Waals surface area contributed by atoms with Gasteiger partial charge in [0.1, 0.15) is 0 Å². The van der Waals surface area contributed by atoms with Crippen molar-refractivity contribution in [3.05, 3.63) is 28.8 Å². The number of amides is 4. The molecule has 3 rings (SSSR count). The van der Waals surface area contributed by atoms with E-state index in [9.17, 15) is 22.8 Å². The van der Waals surface area contributed by atoms with Crippen molar-refractivity contribution in [1.29, 1.82) is 0 Å². The van der Waals surface area contributed by atoms with Crippen molar-refractivity contribution in [1.82, 2.24) is 15.5 Å². The number of anilines is 1. The van der Waals surface area contributed by atoms with Crippen LogP contribution in [0, 0.1) is 0 Å². The van der Waals surface area contributed by atoms with E-state index in [1.54, 1.807) is 0 Å². The normalized spacial score (nSPS) is 18.7. The largest absolute Gasteiger partial charge is 0.417 e. The summed E-state index contributed by atoms with van der Waals surface area (Å²) in [5, 5.41) is 8.04. The van der Waals surface area contributed by atoms with E-state index in [0.29, 0.717) is 25.9 Å². The highest BCUT2D eigenvalue weighted by atomic mass is 35.5. The third-order valence-corrected chi connectivity index (χ3v) is 5.91. The zero-order chi connectivity index (χ0) is 21.7. The average molecular weight is 447 g/mol. The number of carbonyl (C=O) groups excluding carboxylic acids is 2. The van der Waals surface area contributed by atoms with Crippen LogP contribution >= 0.6 is 11.6 Å². The molecule has 6 nitrogen and oxygen atoms in total. The zero-order valence-corrected chi connectivity index (χ0v) is 17.3. The summed E-state index contributed by atoms with van der Waals surface area (Å²) in [7, 11) is 0. The molecule has 4 amide bonds. The molecule has 1 saturated carbocycles. The van der Waals surface area contributed by atoms with Crippen LogP contribution in [0.1, 0.15) is 50.5 Å². The molecule has 2 aliphatic rings. The summed E-state index contributed by atoms with van der Waals surface area (Å²) < 4.78 is 38.9. The third kappa shape index (κ3) is 6.17. The molecular weight excluding hydrogens is 421 g/mol. The lowest BCUT2D eigenvalue weighted by atomic mass is 9.96. The lowest BCUT2D eigenvalue weighted by Gasteiger charge is -2.33. The standard InChI is InChI=1S/C20H26ClF3N4O2/c21-17-7-6-15(12-16(17)20(22,23)24)27-19(30)28-10-8-14(9-11-28)26-18(29)25-13-4-2-1-3-5-13/h6-7,12-14H,1-5,8-11H2,(H,27,30)(H2,25,26,29). The molecule has 30 heavy (non-hydrogen) atoms. The molecule has 10 heteroatoms. The second-order valence-corrected chi connectivity index (χ2v) is 8.24. The molecule has 0 spiro atoms. The Morgan fingerprint density at radius 3 is 2.17 bits per heavy atom. The second-order valence-electron chi connectivity index (χ2n) is 7.84. The predicted molar refractivity (Wildman–Crippen MR) is 109 cm³/mol. The Balaban J connectivity index is 1.45. The molecule has 2 fully saturated rings. The van der Waals surface area contributed by atoms with Crippen LogP contribution in [0.3, 0.4) is 0 Å². The van der Waals surface area contributed by atoms with Gasteiger partial charge in [-0.3, -0.25) is 0 Å². The van der Waals surface area contributed by atoms with Crippen LogP contribution in [-0.4, -0.2) is 42.1 Å². The minimum Gasteiger partial charge on any atom is -0.335 e. The van der Waals surface area contributed by atoms with Crippen LogP contribution in [0.25, 0.3) is 0 Å². The topological polar surface area (TPSA) is 73.5 Å². The van der Waals surface area contributed by atoms with Crippen molar-refractivity contribution in [2.24, 2.45) is 0 Å². The van der Waals surface area contributed by atoms with Gasteiger partial charge in [-0.1, -0.05) is 30.9 Å². The lowest BCUT2D eigenvalue weighted by Crippen LogP contribution is -2.51. The molecule has 166 valence electrons. The third-order valence-electron chi connectivity index (χ3n) is 5.58. The molecule has 1 heterocycles. The Bertz CT molecular complexity index is 761. The number of hydrogen-bond acceptors (Lipinski definition) is 2. The number of piperidine rings is 1. The second kappa shape index (κ2) is 9.76. The summed E-state index contributed by atoms with van der Waals surface area (Å²) in [5.41, 5.74) is -0.960.